The molecule has 0 fully saturated rings. The SMILES string of the molecule is CC(C)C1=CCn2ncnc2N1. The van der Waals surface area contributed by atoms with Crippen molar-refractivity contribution in [3.05, 3.63) is 18.1 Å². The second kappa shape index (κ2) is 2.62. The molecule has 1 aliphatic heterocycles. The number of allylic oxidation sites excluding steroid dienone is 2. The lowest BCUT2D eigenvalue weighted by atomic mass is 10.1. The fourth-order valence-electron chi connectivity index (χ4n) is 1.24. The Balaban J connectivity index is 2.24. The van der Waals surface area contributed by atoms with Crippen LogP contribution < -0.4 is 5.32 Å². The van der Waals surface area contributed by atoms with Crippen molar-refractivity contribution in [3.63, 3.8) is 0 Å². The van der Waals surface area contributed by atoms with E-state index in [1.165, 1.54) is 5.70 Å². The number of nitrogens with one attached hydrogen (secondary N) is 1. The molecule has 1 aromatic heterocycles. The fourth-order valence-corrected chi connectivity index (χ4v) is 1.24. The van der Waals surface area contributed by atoms with Crippen LogP contribution in [0.15, 0.2) is 18.1 Å². The van der Waals surface area contributed by atoms with Gasteiger partial charge in [-0.05, 0) is 12.0 Å². The Morgan fingerprint density at radius 3 is 3.17 bits per heavy atom. The molecule has 0 aromatic carbocycles. The third-order valence-corrected chi connectivity index (χ3v) is 1.98. The lowest BCUT2D eigenvalue weighted by Crippen LogP contribution is -2.17. The van der Waals surface area contributed by atoms with E-state index in [0.717, 1.165) is 12.5 Å². The van der Waals surface area contributed by atoms with Crippen LogP contribution in [-0.4, -0.2) is 14.8 Å². The third-order valence-electron chi connectivity index (χ3n) is 1.98. The number of fused-ring (bicyclic) bond motifs is 1. The molecule has 0 amide bonds. The largest absolute Gasteiger partial charge is 0.328 e. The van der Waals surface area contributed by atoms with Gasteiger partial charge < -0.3 is 5.32 Å². The Labute approximate surface area is 71.3 Å². The topological polar surface area (TPSA) is 42.7 Å². The number of hydrogen-bond acceptors (Lipinski definition) is 3. The van der Waals surface area contributed by atoms with Crippen molar-refractivity contribution in [2.24, 2.45) is 5.92 Å². The molecule has 4 nitrogen and oxygen atoms in total. The average molecular weight is 164 g/mol. The lowest BCUT2D eigenvalue weighted by molar-refractivity contribution is 0.660. The van der Waals surface area contributed by atoms with Crippen LogP contribution in [0.1, 0.15) is 13.8 Å². The van der Waals surface area contributed by atoms with Crippen LogP contribution >= 0.6 is 0 Å². The summed E-state index contributed by atoms with van der Waals surface area (Å²) < 4.78 is 1.84. The predicted octanol–water partition coefficient (Wildman–Crippen LogP) is 1.24. The first-order chi connectivity index (χ1) is 5.77. The van der Waals surface area contributed by atoms with Gasteiger partial charge in [-0.3, -0.25) is 0 Å². The summed E-state index contributed by atoms with van der Waals surface area (Å²) >= 11 is 0. The van der Waals surface area contributed by atoms with Crippen molar-refractivity contribution in [1.29, 1.82) is 0 Å². The minimum Gasteiger partial charge on any atom is -0.328 e. The zero-order chi connectivity index (χ0) is 8.55. The number of hydrogen-bond donors (Lipinski definition) is 1. The Morgan fingerprint density at radius 1 is 1.58 bits per heavy atom. The molecule has 0 saturated carbocycles. The van der Waals surface area contributed by atoms with E-state index in [1.807, 2.05) is 4.68 Å². The zero-order valence-corrected chi connectivity index (χ0v) is 7.28. The van der Waals surface area contributed by atoms with Crippen LogP contribution in [0, 0.1) is 5.92 Å². The molecule has 1 aliphatic rings. The van der Waals surface area contributed by atoms with E-state index in [1.54, 1.807) is 6.33 Å². The van der Waals surface area contributed by atoms with Crippen molar-refractivity contribution < 1.29 is 0 Å². The summed E-state index contributed by atoms with van der Waals surface area (Å²) in [5.41, 5.74) is 1.23. The van der Waals surface area contributed by atoms with E-state index >= 15 is 0 Å². The van der Waals surface area contributed by atoms with Crippen LogP contribution in [0.3, 0.4) is 0 Å². The number of aromatic nitrogens is 3. The highest BCUT2D eigenvalue weighted by atomic mass is 15.4. The first-order valence-electron chi connectivity index (χ1n) is 4.12. The van der Waals surface area contributed by atoms with Gasteiger partial charge in [0.15, 0.2) is 0 Å². The number of anilines is 1. The van der Waals surface area contributed by atoms with Crippen molar-refractivity contribution in [1.82, 2.24) is 14.8 Å². The molecule has 2 heterocycles. The molecule has 0 radical (unpaired) electrons. The summed E-state index contributed by atoms with van der Waals surface area (Å²) in [6, 6.07) is 0. The monoisotopic (exact) mass is 164 g/mol. The first-order valence-corrected chi connectivity index (χ1v) is 4.12. The van der Waals surface area contributed by atoms with E-state index < -0.39 is 0 Å². The summed E-state index contributed by atoms with van der Waals surface area (Å²) in [4.78, 5) is 4.09. The van der Waals surface area contributed by atoms with Gasteiger partial charge in [0.25, 0.3) is 0 Å². The molecule has 0 bridgehead atoms. The molecule has 1 N–H and O–H groups in total. The fraction of sp³-hybridized carbons (Fsp3) is 0.500. The maximum Gasteiger partial charge on any atom is 0.225 e. The molecule has 0 unspecified atom stereocenters. The van der Waals surface area contributed by atoms with Crippen molar-refractivity contribution in [2.75, 3.05) is 5.32 Å². The van der Waals surface area contributed by atoms with Gasteiger partial charge in [-0.1, -0.05) is 13.8 Å². The number of nitrogens with zero attached hydrogens (tertiary/aromatic N) is 3. The Hall–Kier alpha value is -1.32. The van der Waals surface area contributed by atoms with Gasteiger partial charge in [0.05, 0.1) is 6.54 Å². The van der Waals surface area contributed by atoms with Gasteiger partial charge in [0, 0.05) is 5.70 Å². The van der Waals surface area contributed by atoms with Crippen molar-refractivity contribution in [2.45, 2.75) is 20.4 Å². The van der Waals surface area contributed by atoms with E-state index in [4.69, 9.17) is 0 Å². The van der Waals surface area contributed by atoms with E-state index in [0.29, 0.717) is 5.92 Å². The second-order valence-electron chi connectivity index (χ2n) is 3.20. The quantitative estimate of drug-likeness (QED) is 0.679. The van der Waals surface area contributed by atoms with Gasteiger partial charge in [0.1, 0.15) is 6.33 Å². The van der Waals surface area contributed by atoms with Gasteiger partial charge in [-0.25, -0.2) is 4.68 Å². The predicted molar refractivity (Wildman–Crippen MR) is 46.6 cm³/mol. The lowest BCUT2D eigenvalue weighted by Gasteiger charge is -2.18. The summed E-state index contributed by atoms with van der Waals surface area (Å²) in [7, 11) is 0. The highest BCUT2D eigenvalue weighted by Crippen LogP contribution is 2.17. The van der Waals surface area contributed by atoms with Crippen molar-refractivity contribution in [3.8, 4) is 0 Å². The Bertz CT molecular complexity index is 311. The summed E-state index contributed by atoms with van der Waals surface area (Å²) in [6.45, 7) is 5.14. The van der Waals surface area contributed by atoms with Crippen LogP contribution in [0.2, 0.25) is 0 Å². The molecule has 1 aromatic rings. The Morgan fingerprint density at radius 2 is 2.42 bits per heavy atom. The highest BCUT2D eigenvalue weighted by Gasteiger charge is 2.12. The highest BCUT2D eigenvalue weighted by molar-refractivity contribution is 5.37. The first kappa shape index (κ1) is 7.34. The molecule has 64 valence electrons. The molecule has 0 aliphatic carbocycles. The molecule has 0 atom stereocenters. The molecule has 4 heteroatoms. The number of rotatable bonds is 1. The minimum absolute atomic E-state index is 0.524. The third kappa shape index (κ3) is 1.09. The van der Waals surface area contributed by atoms with Crippen LogP contribution in [0.25, 0.3) is 0 Å². The molecule has 0 saturated heterocycles. The van der Waals surface area contributed by atoms with Gasteiger partial charge in [0.2, 0.25) is 5.95 Å². The maximum absolute atomic E-state index is 4.09. The second-order valence-corrected chi connectivity index (χ2v) is 3.20. The van der Waals surface area contributed by atoms with Gasteiger partial charge >= 0.3 is 0 Å². The zero-order valence-electron chi connectivity index (χ0n) is 7.28. The smallest absolute Gasteiger partial charge is 0.225 e. The maximum atomic E-state index is 4.09. The standard InChI is InChI=1S/C8H12N4/c1-6(2)7-3-4-12-8(11-7)9-5-10-12/h3,5-6H,4H2,1-2H3,(H,9,10,11). The van der Waals surface area contributed by atoms with Gasteiger partial charge in [-0.2, -0.15) is 10.1 Å². The van der Waals surface area contributed by atoms with Crippen LogP contribution in [0.4, 0.5) is 5.95 Å². The molecule has 12 heavy (non-hydrogen) atoms. The van der Waals surface area contributed by atoms with Crippen LogP contribution in [0.5, 0.6) is 0 Å². The van der Waals surface area contributed by atoms with E-state index in [2.05, 4.69) is 35.3 Å². The summed E-state index contributed by atoms with van der Waals surface area (Å²) in [5.74, 6) is 1.37. The van der Waals surface area contributed by atoms with E-state index in [-0.39, 0.29) is 0 Å². The molecule has 0 spiro atoms. The average Bonchev–Trinajstić information content (AvgIpc) is 2.49. The normalized spacial score (nSPS) is 15.4. The van der Waals surface area contributed by atoms with Gasteiger partial charge in [-0.15, -0.1) is 0 Å². The minimum atomic E-state index is 0.524. The summed E-state index contributed by atoms with van der Waals surface area (Å²) in [5, 5.41) is 7.28. The summed E-state index contributed by atoms with van der Waals surface area (Å²) in [6.07, 6.45) is 3.71. The molecular weight excluding hydrogens is 152 g/mol. The molecular formula is C8H12N4. The van der Waals surface area contributed by atoms with Crippen molar-refractivity contribution >= 4 is 5.95 Å². The molecule has 2 rings (SSSR count). The Kier molecular flexibility index (Phi) is 1.60. The van der Waals surface area contributed by atoms with Crippen LogP contribution in [-0.2, 0) is 6.54 Å². The van der Waals surface area contributed by atoms with E-state index in [9.17, 15) is 0 Å².